The van der Waals surface area contributed by atoms with Crippen LogP contribution in [0.3, 0.4) is 0 Å². The summed E-state index contributed by atoms with van der Waals surface area (Å²) in [6, 6.07) is 3.37. The summed E-state index contributed by atoms with van der Waals surface area (Å²) in [5.41, 5.74) is 0. The quantitative estimate of drug-likeness (QED) is 0.198. The number of halogens is 4. The minimum absolute atomic E-state index is 0.588. The Morgan fingerprint density at radius 2 is 0.750 bits per heavy atom. The van der Waals surface area contributed by atoms with Crippen LogP contribution in [0, 0.1) is 0 Å². The van der Waals surface area contributed by atoms with E-state index in [0.717, 1.165) is 49.9 Å². The summed E-state index contributed by atoms with van der Waals surface area (Å²) in [7, 11) is -10.0. The van der Waals surface area contributed by atoms with Gasteiger partial charge in [-0.2, -0.15) is 0 Å². The molecule has 0 bridgehead atoms. The summed E-state index contributed by atoms with van der Waals surface area (Å²) in [5, 5.41) is 0. The van der Waals surface area contributed by atoms with Gasteiger partial charge in [0.25, 0.3) is 0 Å². The zero-order valence-corrected chi connectivity index (χ0v) is 24.7. The minimum Gasteiger partial charge on any atom is -0.416 e. The van der Waals surface area contributed by atoms with E-state index in [1.807, 2.05) is 0 Å². The predicted octanol–water partition coefficient (Wildman–Crippen LogP) is 6.87. The third kappa shape index (κ3) is 9.56. The Morgan fingerprint density at radius 1 is 0.464 bits per heavy atom. The predicted molar refractivity (Wildman–Crippen MR) is 131 cm³/mol. The Balaban J connectivity index is 3.36. The molecule has 0 aromatic rings. The van der Waals surface area contributed by atoms with Gasteiger partial charge in [-0.05, 0) is 76.0 Å². The number of hydrogen-bond acceptors (Lipinski definition) is 4. The van der Waals surface area contributed by atoms with Gasteiger partial charge in [0.1, 0.15) is 0 Å². The number of rotatable bonds is 12. The Morgan fingerprint density at radius 3 is 1.00 bits per heavy atom. The lowest BCUT2D eigenvalue weighted by Crippen LogP contribution is -2.67. The van der Waals surface area contributed by atoms with Crippen LogP contribution < -0.4 is 0 Å². The molecule has 0 unspecified atom stereocenters. The van der Waals surface area contributed by atoms with Crippen LogP contribution in [0.1, 0.15) is 25.7 Å². The molecule has 1 aliphatic heterocycles. The van der Waals surface area contributed by atoms with Crippen molar-refractivity contribution in [2.75, 3.05) is 23.5 Å². The Kier molecular flexibility index (Phi) is 12.7. The summed E-state index contributed by atoms with van der Waals surface area (Å²) in [4.78, 5) is 0. The normalized spacial score (nSPS) is 23.1. The first-order valence-electron chi connectivity index (χ1n) is 10.1. The molecule has 1 saturated heterocycles. The van der Waals surface area contributed by atoms with Gasteiger partial charge in [-0.15, -0.1) is 46.4 Å². The average molecular weight is 547 g/mol. The molecule has 168 valence electrons. The molecule has 4 nitrogen and oxygen atoms in total. The van der Waals surface area contributed by atoms with E-state index in [0.29, 0.717) is 23.5 Å². The van der Waals surface area contributed by atoms with Crippen LogP contribution in [0.4, 0.5) is 0 Å². The fraction of sp³-hybridized carbons (Fsp3) is 1.00. The van der Waals surface area contributed by atoms with Gasteiger partial charge in [0, 0.05) is 23.5 Å². The molecule has 0 N–H and O–H groups in total. The highest BCUT2D eigenvalue weighted by Gasteiger charge is 2.56. The van der Waals surface area contributed by atoms with Crippen molar-refractivity contribution in [2.45, 2.75) is 76.0 Å². The molecule has 1 fully saturated rings. The average Bonchev–Trinajstić information content (AvgIpc) is 2.58. The first-order chi connectivity index (χ1) is 13.1. The second-order valence-electron chi connectivity index (χ2n) is 8.20. The first kappa shape index (κ1) is 27.9. The lowest BCUT2D eigenvalue weighted by molar-refractivity contribution is 0.221. The Hall–Kier alpha value is 1.87. The minimum atomic E-state index is -2.60. The standard InChI is InChI=1S/C16H36Cl4O4Si4/c1-25(2)21-26(3,4)23-28(15-7-11-19,16-8-12-20)24-27(22-25,13-5-9-17)14-6-10-18/h5-16H2,1-4H3. The van der Waals surface area contributed by atoms with Gasteiger partial charge in [-0.1, -0.05) is 0 Å². The Labute approximate surface area is 195 Å². The van der Waals surface area contributed by atoms with Crippen molar-refractivity contribution >= 4 is 80.6 Å². The molecular weight excluding hydrogens is 510 g/mol. The van der Waals surface area contributed by atoms with Crippen LogP contribution in [0.5, 0.6) is 0 Å². The van der Waals surface area contributed by atoms with Gasteiger partial charge in [0.15, 0.2) is 0 Å². The molecule has 0 saturated carbocycles. The zero-order chi connectivity index (χ0) is 21.3. The highest BCUT2D eigenvalue weighted by atomic mass is 35.5. The van der Waals surface area contributed by atoms with E-state index in [-0.39, 0.29) is 0 Å². The van der Waals surface area contributed by atoms with Crippen molar-refractivity contribution in [3.63, 3.8) is 0 Å². The molecule has 1 aliphatic rings. The molecule has 0 radical (unpaired) electrons. The van der Waals surface area contributed by atoms with Crippen LogP contribution in [0.25, 0.3) is 0 Å². The fourth-order valence-corrected chi connectivity index (χ4v) is 28.8. The first-order valence-corrected chi connectivity index (χ1v) is 22.3. The second kappa shape index (κ2) is 12.8. The molecule has 0 aliphatic carbocycles. The third-order valence-corrected chi connectivity index (χ3v) is 23.8. The highest BCUT2D eigenvalue weighted by Crippen LogP contribution is 2.40. The fourth-order valence-electron chi connectivity index (χ4n) is 3.91. The van der Waals surface area contributed by atoms with Gasteiger partial charge >= 0.3 is 34.2 Å². The van der Waals surface area contributed by atoms with E-state index in [1.165, 1.54) is 0 Å². The van der Waals surface area contributed by atoms with Crippen LogP contribution in [0.2, 0.25) is 50.4 Å². The van der Waals surface area contributed by atoms with Crippen LogP contribution in [0.15, 0.2) is 0 Å². The van der Waals surface area contributed by atoms with E-state index < -0.39 is 34.2 Å². The Bertz CT molecular complexity index is 406. The van der Waals surface area contributed by atoms with Crippen LogP contribution >= 0.6 is 46.4 Å². The number of alkyl halides is 4. The van der Waals surface area contributed by atoms with E-state index in [1.54, 1.807) is 0 Å². The van der Waals surface area contributed by atoms with Crippen molar-refractivity contribution in [2.24, 2.45) is 0 Å². The summed E-state index contributed by atoms with van der Waals surface area (Å²) in [6.45, 7) is 8.40. The van der Waals surface area contributed by atoms with E-state index in [9.17, 15) is 0 Å². The molecule has 0 aromatic carbocycles. The van der Waals surface area contributed by atoms with Crippen LogP contribution in [-0.2, 0) is 16.5 Å². The number of hydrogen-bond donors (Lipinski definition) is 0. The molecule has 12 heteroatoms. The van der Waals surface area contributed by atoms with Gasteiger partial charge in [0.05, 0.1) is 0 Å². The molecule has 0 amide bonds. The van der Waals surface area contributed by atoms with Crippen LogP contribution in [-0.4, -0.2) is 57.8 Å². The van der Waals surface area contributed by atoms with Crippen molar-refractivity contribution < 1.29 is 16.5 Å². The largest absolute Gasteiger partial charge is 0.416 e. The van der Waals surface area contributed by atoms with Crippen molar-refractivity contribution in [3.05, 3.63) is 0 Å². The van der Waals surface area contributed by atoms with E-state index in [4.69, 9.17) is 62.9 Å². The van der Waals surface area contributed by atoms with Crippen molar-refractivity contribution in [1.29, 1.82) is 0 Å². The second-order valence-corrected chi connectivity index (χ2v) is 24.2. The highest BCUT2D eigenvalue weighted by molar-refractivity contribution is 6.94. The van der Waals surface area contributed by atoms with E-state index >= 15 is 0 Å². The molecule has 1 rings (SSSR count). The molecular formula is C16H36Cl4O4Si4. The lowest BCUT2D eigenvalue weighted by atomic mass is 10.6. The maximum Gasteiger partial charge on any atom is 0.320 e. The topological polar surface area (TPSA) is 36.9 Å². The molecule has 28 heavy (non-hydrogen) atoms. The summed E-state index contributed by atoms with van der Waals surface area (Å²) in [6.07, 6.45) is 3.43. The smallest absolute Gasteiger partial charge is 0.320 e. The molecule has 0 atom stereocenters. The summed E-state index contributed by atoms with van der Waals surface area (Å²) < 4.78 is 27.4. The summed E-state index contributed by atoms with van der Waals surface area (Å²) in [5.74, 6) is 2.35. The maximum atomic E-state index is 7.13. The molecule has 0 spiro atoms. The SMILES string of the molecule is C[Si]1(C)O[Si](C)(C)O[Si](CCCCl)(CCCCl)O[Si](CCCCl)(CCCCl)O1. The maximum absolute atomic E-state index is 7.13. The van der Waals surface area contributed by atoms with Gasteiger partial charge in [-0.25, -0.2) is 0 Å². The molecule has 0 aromatic heterocycles. The third-order valence-electron chi connectivity index (χ3n) is 4.49. The van der Waals surface area contributed by atoms with Gasteiger partial charge in [0.2, 0.25) is 0 Å². The monoisotopic (exact) mass is 544 g/mol. The van der Waals surface area contributed by atoms with Gasteiger partial charge < -0.3 is 16.5 Å². The summed E-state index contributed by atoms with van der Waals surface area (Å²) >= 11 is 24.2. The van der Waals surface area contributed by atoms with Crippen molar-refractivity contribution in [1.82, 2.24) is 0 Å². The van der Waals surface area contributed by atoms with Gasteiger partial charge in [-0.3, -0.25) is 0 Å². The van der Waals surface area contributed by atoms with Crippen molar-refractivity contribution in [3.8, 4) is 0 Å². The molecule has 1 heterocycles. The van der Waals surface area contributed by atoms with E-state index in [2.05, 4.69) is 26.2 Å². The zero-order valence-electron chi connectivity index (χ0n) is 17.6. The lowest BCUT2D eigenvalue weighted by Gasteiger charge is -2.51.